The minimum absolute atomic E-state index is 0.0109. The van der Waals surface area contributed by atoms with Gasteiger partial charge in [0.15, 0.2) is 6.10 Å². The third-order valence-corrected chi connectivity index (χ3v) is 9.38. The number of hydrogen-bond donors (Lipinski definition) is 1. The van der Waals surface area contributed by atoms with Gasteiger partial charge in [-0.25, -0.2) is 4.57 Å². The third-order valence-electron chi connectivity index (χ3n) is 8.40. The zero-order chi connectivity index (χ0) is 41.4. The number of phosphoric ester groups is 1. The lowest BCUT2D eigenvalue weighted by Gasteiger charge is -2.24. The van der Waals surface area contributed by atoms with Crippen molar-refractivity contribution in [1.82, 2.24) is 0 Å². The number of rotatable bonds is 37. The van der Waals surface area contributed by atoms with Crippen LogP contribution in [0.3, 0.4) is 0 Å². The SMILES string of the molecule is CCCCC/C=C/C/C=C/C/C=C/C/C=C/CCCC(=O)O[C@H](COC(=O)CCCC/C=C/C/C=C/C/C=C/CCCCC)COP(=O)(O)OCC[N+](C)(C)C. The Balaban J connectivity index is 4.57. The Bertz CT molecular complexity index is 1230. The molecule has 0 fully saturated rings. The molecule has 0 saturated carbocycles. The van der Waals surface area contributed by atoms with Crippen LogP contribution in [0.2, 0.25) is 0 Å². The smallest absolute Gasteiger partial charge is 0.462 e. The molecule has 0 saturated heterocycles. The predicted molar refractivity (Wildman–Crippen MR) is 233 cm³/mol. The maximum atomic E-state index is 12.7. The molecule has 0 aromatic rings. The van der Waals surface area contributed by atoms with Crippen LogP contribution in [0.4, 0.5) is 0 Å². The van der Waals surface area contributed by atoms with Crippen LogP contribution in [0.5, 0.6) is 0 Å². The van der Waals surface area contributed by atoms with E-state index in [1.807, 2.05) is 27.2 Å². The second kappa shape index (κ2) is 37.7. The maximum Gasteiger partial charge on any atom is 0.472 e. The molecule has 0 spiro atoms. The fraction of sp³-hybridized carbons (Fsp3) is 0.652. The molecule has 0 aromatic heterocycles. The van der Waals surface area contributed by atoms with E-state index in [0.717, 1.165) is 51.4 Å². The van der Waals surface area contributed by atoms with Crippen molar-refractivity contribution in [3.8, 4) is 0 Å². The minimum atomic E-state index is -4.40. The Hall–Kier alpha value is -2.81. The topological polar surface area (TPSA) is 108 Å². The highest BCUT2D eigenvalue weighted by molar-refractivity contribution is 7.47. The number of quaternary nitrogens is 1. The number of nitrogens with zero attached hydrogens (tertiary/aromatic N) is 1. The summed E-state index contributed by atoms with van der Waals surface area (Å²) in [7, 11) is 1.41. The molecule has 1 unspecified atom stereocenters. The highest BCUT2D eigenvalue weighted by Crippen LogP contribution is 2.43. The van der Waals surface area contributed by atoms with E-state index in [9.17, 15) is 19.0 Å². The monoisotopic (exact) mass is 805 g/mol. The molecule has 0 aliphatic carbocycles. The Labute approximate surface area is 341 Å². The summed E-state index contributed by atoms with van der Waals surface area (Å²) >= 11 is 0. The molecule has 56 heavy (non-hydrogen) atoms. The average Bonchev–Trinajstić information content (AvgIpc) is 3.15. The van der Waals surface area contributed by atoms with Gasteiger partial charge in [-0.3, -0.25) is 18.6 Å². The van der Waals surface area contributed by atoms with Crippen molar-refractivity contribution in [2.75, 3.05) is 47.5 Å². The fourth-order valence-corrected chi connectivity index (χ4v) is 5.75. The van der Waals surface area contributed by atoms with Crippen molar-refractivity contribution < 1.29 is 42.1 Å². The van der Waals surface area contributed by atoms with E-state index in [1.165, 1.54) is 44.9 Å². The van der Waals surface area contributed by atoms with Crippen LogP contribution in [0.15, 0.2) is 85.1 Å². The van der Waals surface area contributed by atoms with E-state index in [4.69, 9.17) is 18.5 Å². The lowest BCUT2D eigenvalue weighted by Crippen LogP contribution is -2.37. The van der Waals surface area contributed by atoms with E-state index in [1.54, 1.807) is 0 Å². The van der Waals surface area contributed by atoms with Gasteiger partial charge in [-0.15, -0.1) is 0 Å². The molecule has 9 nitrogen and oxygen atoms in total. The highest BCUT2D eigenvalue weighted by Gasteiger charge is 2.27. The van der Waals surface area contributed by atoms with Crippen LogP contribution in [0, 0.1) is 0 Å². The average molecular weight is 805 g/mol. The van der Waals surface area contributed by atoms with Crippen molar-refractivity contribution >= 4 is 19.8 Å². The van der Waals surface area contributed by atoms with Gasteiger partial charge >= 0.3 is 19.8 Å². The van der Waals surface area contributed by atoms with E-state index in [2.05, 4.69) is 92.8 Å². The molecule has 0 rings (SSSR count). The molecule has 10 heteroatoms. The Morgan fingerprint density at radius 1 is 0.554 bits per heavy atom. The van der Waals surface area contributed by atoms with Crippen LogP contribution in [-0.2, 0) is 32.7 Å². The van der Waals surface area contributed by atoms with Crippen molar-refractivity contribution in [3.63, 3.8) is 0 Å². The summed E-state index contributed by atoms with van der Waals surface area (Å²) in [6.45, 7) is 4.22. The van der Waals surface area contributed by atoms with Crippen LogP contribution in [-0.4, -0.2) is 74.9 Å². The molecular weight excluding hydrogens is 725 g/mol. The van der Waals surface area contributed by atoms with E-state index < -0.39 is 32.5 Å². The molecule has 0 amide bonds. The number of allylic oxidation sites excluding steroid dienone is 14. The number of likely N-dealkylation sites (N-methyl/N-ethyl adjacent to an activating group) is 1. The number of carbonyl (C=O) groups excluding carboxylic acids is 2. The summed E-state index contributed by atoms with van der Waals surface area (Å²) in [5, 5.41) is 0. The number of unbranched alkanes of at least 4 members (excludes halogenated alkanes) is 9. The van der Waals surface area contributed by atoms with Gasteiger partial charge in [0.2, 0.25) is 0 Å². The summed E-state index contributed by atoms with van der Waals surface area (Å²) in [6, 6.07) is 0. The first-order valence-corrected chi connectivity index (χ1v) is 22.8. The van der Waals surface area contributed by atoms with Gasteiger partial charge in [0.05, 0.1) is 27.7 Å². The Morgan fingerprint density at radius 2 is 0.964 bits per heavy atom. The van der Waals surface area contributed by atoms with Gasteiger partial charge in [0.25, 0.3) is 0 Å². The van der Waals surface area contributed by atoms with Crippen molar-refractivity contribution in [2.24, 2.45) is 0 Å². The number of hydrogen-bond acceptors (Lipinski definition) is 7. The first-order valence-electron chi connectivity index (χ1n) is 21.3. The van der Waals surface area contributed by atoms with Crippen LogP contribution >= 0.6 is 7.82 Å². The summed E-state index contributed by atoms with van der Waals surface area (Å²) in [5.41, 5.74) is 0. The van der Waals surface area contributed by atoms with E-state index in [-0.39, 0.29) is 26.1 Å². The molecule has 0 radical (unpaired) electrons. The molecule has 0 bridgehead atoms. The van der Waals surface area contributed by atoms with Gasteiger partial charge < -0.3 is 18.9 Å². The molecule has 1 N–H and O–H groups in total. The maximum absolute atomic E-state index is 12.7. The van der Waals surface area contributed by atoms with Crippen LogP contribution < -0.4 is 0 Å². The number of phosphoric acid groups is 1. The van der Waals surface area contributed by atoms with Gasteiger partial charge in [0, 0.05) is 12.8 Å². The largest absolute Gasteiger partial charge is 0.472 e. The Kier molecular flexibility index (Phi) is 35.9. The molecule has 2 atom stereocenters. The number of carbonyl (C=O) groups is 2. The summed E-state index contributed by atoms with van der Waals surface area (Å²) in [5.74, 6) is -0.919. The summed E-state index contributed by atoms with van der Waals surface area (Å²) < 4.78 is 34.1. The molecule has 320 valence electrons. The predicted octanol–water partition coefficient (Wildman–Crippen LogP) is 12.0. The lowest BCUT2D eigenvalue weighted by molar-refractivity contribution is -0.870. The van der Waals surface area contributed by atoms with Gasteiger partial charge in [-0.1, -0.05) is 125 Å². The molecular formula is C46H79NO8P+. The highest BCUT2D eigenvalue weighted by atomic mass is 31.2. The van der Waals surface area contributed by atoms with Gasteiger partial charge in [-0.2, -0.15) is 0 Å². The number of ether oxygens (including phenoxy) is 2. The summed E-state index contributed by atoms with van der Waals surface area (Å²) in [6.07, 6.45) is 47.8. The second-order valence-electron chi connectivity index (χ2n) is 15.0. The zero-order valence-corrected chi connectivity index (χ0v) is 36.7. The first-order chi connectivity index (χ1) is 27.0. The molecule has 0 aromatic carbocycles. The first kappa shape index (κ1) is 53.2. The van der Waals surface area contributed by atoms with E-state index >= 15 is 0 Å². The molecule has 0 aliphatic heterocycles. The quantitative estimate of drug-likeness (QED) is 0.0217. The van der Waals surface area contributed by atoms with Crippen LogP contribution in [0.1, 0.15) is 142 Å². The summed E-state index contributed by atoms with van der Waals surface area (Å²) in [4.78, 5) is 35.3. The Morgan fingerprint density at radius 3 is 1.41 bits per heavy atom. The standard InChI is InChI=1S/C46H78NO8P/c1-6-8-10-12-14-16-18-20-22-23-25-27-29-31-33-35-37-39-46(49)55-44(43-54-56(50,51)53-41-40-47(3,4)5)42-52-45(48)38-36-34-32-30-28-26-24-21-19-17-15-13-11-9-7-2/h14-17,20-22,24-25,27-28,30-31,33,44H,6-13,18-19,23,26,29,32,34-43H2,1-5H3/p+1/b16-14+,17-15+,22-20+,24-21+,27-25+,30-28+,33-31+/t44-/m1/s1. The normalized spacial score (nSPS) is 14.5. The lowest BCUT2D eigenvalue weighted by atomic mass is 10.1. The van der Waals surface area contributed by atoms with Gasteiger partial charge in [-0.05, 0) is 89.9 Å². The van der Waals surface area contributed by atoms with Crippen molar-refractivity contribution in [2.45, 2.75) is 148 Å². The third kappa shape index (κ3) is 40.8. The van der Waals surface area contributed by atoms with E-state index in [0.29, 0.717) is 30.3 Å². The van der Waals surface area contributed by atoms with Crippen molar-refractivity contribution in [3.05, 3.63) is 85.1 Å². The van der Waals surface area contributed by atoms with Crippen LogP contribution in [0.25, 0.3) is 0 Å². The van der Waals surface area contributed by atoms with Gasteiger partial charge in [0.1, 0.15) is 19.8 Å². The number of esters is 2. The fourth-order valence-electron chi connectivity index (χ4n) is 5.01. The molecule has 0 aliphatic rings. The zero-order valence-electron chi connectivity index (χ0n) is 35.8. The minimum Gasteiger partial charge on any atom is -0.462 e. The molecule has 0 heterocycles. The second-order valence-corrected chi connectivity index (χ2v) is 16.5. The van der Waals surface area contributed by atoms with Crippen molar-refractivity contribution in [1.29, 1.82) is 0 Å².